The van der Waals surface area contributed by atoms with Crippen molar-refractivity contribution in [1.82, 2.24) is 9.97 Å². The Balaban J connectivity index is 1.63. The SMILES string of the molecule is CCCOC(=O)c1cc(-c2ccc(/C=C(/C#N)c3nc4ccccc4[nH]3)o2)ccc1Cl. The molecule has 2 aromatic carbocycles. The lowest BCUT2D eigenvalue weighted by molar-refractivity contribution is 0.0505. The van der Waals surface area contributed by atoms with Gasteiger partial charge < -0.3 is 14.1 Å². The third-order valence-corrected chi connectivity index (χ3v) is 4.92. The minimum atomic E-state index is -0.475. The van der Waals surface area contributed by atoms with Crippen LogP contribution in [0, 0.1) is 11.3 Å². The lowest BCUT2D eigenvalue weighted by Gasteiger charge is -2.06. The number of aromatic amines is 1. The normalized spacial score (nSPS) is 11.5. The van der Waals surface area contributed by atoms with Gasteiger partial charge in [0, 0.05) is 11.6 Å². The number of hydrogen-bond donors (Lipinski definition) is 1. The molecule has 0 saturated carbocycles. The topological polar surface area (TPSA) is 91.9 Å². The molecule has 0 spiro atoms. The molecule has 4 rings (SSSR count). The molecular formula is C24H18ClN3O3. The second-order valence-electron chi connectivity index (χ2n) is 6.80. The molecule has 0 saturated heterocycles. The minimum absolute atomic E-state index is 0.279. The zero-order chi connectivity index (χ0) is 21.8. The first-order valence-corrected chi connectivity index (χ1v) is 10.1. The summed E-state index contributed by atoms with van der Waals surface area (Å²) in [5, 5.41) is 9.92. The predicted octanol–water partition coefficient (Wildman–Crippen LogP) is 6.11. The van der Waals surface area contributed by atoms with Crippen LogP contribution in [0.2, 0.25) is 5.02 Å². The van der Waals surface area contributed by atoms with Gasteiger partial charge in [0.2, 0.25) is 0 Å². The third kappa shape index (κ3) is 4.37. The molecule has 0 atom stereocenters. The molecular weight excluding hydrogens is 414 g/mol. The maximum atomic E-state index is 12.2. The van der Waals surface area contributed by atoms with Gasteiger partial charge in [0.05, 0.1) is 33.8 Å². The molecule has 0 aliphatic heterocycles. The van der Waals surface area contributed by atoms with E-state index < -0.39 is 5.97 Å². The Labute approximate surface area is 183 Å². The first-order chi connectivity index (χ1) is 15.1. The summed E-state index contributed by atoms with van der Waals surface area (Å²) < 4.78 is 11.1. The smallest absolute Gasteiger partial charge is 0.339 e. The van der Waals surface area contributed by atoms with Gasteiger partial charge in [0.25, 0.3) is 0 Å². The van der Waals surface area contributed by atoms with Gasteiger partial charge in [-0.05, 0) is 48.9 Å². The van der Waals surface area contributed by atoms with Crippen molar-refractivity contribution in [1.29, 1.82) is 5.26 Å². The molecule has 0 bridgehead atoms. The molecule has 6 nitrogen and oxygen atoms in total. The van der Waals surface area contributed by atoms with E-state index in [0.29, 0.717) is 40.1 Å². The van der Waals surface area contributed by atoms with Crippen molar-refractivity contribution < 1.29 is 13.9 Å². The number of carbonyl (C=O) groups is 1. The molecule has 4 aromatic rings. The Hall–Kier alpha value is -3.82. The summed E-state index contributed by atoms with van der Waals surface area (Å²) in [4.78, 5) is 19.8. The van der Waals surface area contributed by atoms with E-state index in [4.69, 9.17) is 20.8 Å². The third-order valence-electron chi connectivity index (χ3n) is 4.59. The van der Waals surface area contributed by atoms with Crippen molar-refractivity contribution in [3.63, 3.8) is 0 Å². The fraction of sp³-hybridized carbons (Fsp3) is 0.125. The van der Waals surface area contributed by atoms with Crippen LogP contribution in [-0.4, -0.2) is 22.5 Å². The number of nitrogens with one attached hydrogen (secondary N) is 1. The van der Waals surface area contributed by atoms with Crippen molar-refractivity contribution in [2.24, 2.45) is 0 Å². The van der Waals surface area contributed by atoms with E-state index in [1.165, 1.54) is 0 Å². The summed E-state index contributed by atoms with van der Waals surface area (Å²) in [6, 6.07) is 18.3. The number of esters is 1. The number of nitrogens with zero attached hydrogens (tertiary/aromatic N) is 2. The van der Waals surface area contributed by atoms with Gasteiger partial charge in [0.15, 0.2) is 0 Å². The quantitative estimate of drug-likeness (QED) is 0.294. The highest BCUT2D eigenvalue weighted by atomic mass is 35.5. The van der Waals surface area contributed by atoms with Crippen molar-refractivity contribution in [2.45, 2.75) is 13.3 Å². The Morgan fingerprint density at radius 2 is 2.10 bits per heavy atom. The number of fused-ring (bicyclic) bond motifs is 1. The number of rotatable bonds is 6. The second-order valence-corrected chi connectivity index (χ2v) is 7.21. The molecule has 154 valence electrons. The number of halogens is 1. The number of H-pyrrole nitrogens is 1. The number of carbonyl (C=O) groups excluding carboxylic acids is 1. The molecule has 0 aliphatic carbocycles. The number of ether oxygens (including phenoxy) is 1. The maximum absolute atomic E-state index is 12.2. The highest BCUT2D eigenvalue weighted by molar-refractivity contribution is 6.33. The number of nitriles is 1. The Morgan fingerprint density at radius 1 is 1.26 bits per heavy atom. The zero-order valence-corrected chi connectivity index (χ0v) is 17.4. The first kappa shape index (κ1) is 20.5. The molecule has 0 aliphatic rings. The number of aromatic nitrogens is 2. The van der Waals surface area contributed by atoms with E-state index in [-0.39, 0.29) is 5.56 Å². The molecule has 2 heterocycles. The van der Waals surface area contributed by atoms with Crippen LogP contribution in [0.15, 0.2) is 59.0 Å². The molecule has 1 N–H and O–H groups in total. The molecule has 7 heteroatoms. The standard InChI is InChI=1S/C24H18ClN3O3/c1-2-11-30-24(29)18-13-15(7-9-19(18)25)22-10-8-17(31-22)12-16(14-26)23-27-20-5-3-4-6-21(20)28-23/h3-10,12-13H,2,11H2,1H3,(H,27,28)/b16-12-. The molecule has 0 unspecified atom stereocenters. The van der Waals surface area contributed by atoms with Gasteiger partial charge in [-0.1, -0.05) is 30.7 Å². The van der Waals surface area contributed by atoms with Gasteiger partial charge in [0.1, 0.15) is 23.4 Å². The maximum Gasteiger partial charge on any atom is 0.339 e. The summed E-state index contributed by atoms with van der Waals surface area (Å²) in [6.45, 7) is 2.25. The van der Waals surface area contributed by atoms with Crippen LogP contribution >= 0.6 is 11.6 Å². The van der Waals surface area contributed by atoms with E-state index in [1.807, 2.05) is 31.2 Å². The van der Waals surface area contributed by atoms with Crippen LogP contribution in [0.3, 0.4) is 0 Å². The number of para-hydroxylation sites is 2. The van der Waals surface area contributed by atoms with Crippen LogP contribution in [-0.2, 0) is 4.74 Å². The zero-order valence-electron chi connectivity index (χ0n) is 16.7. The van der Waals surface area contributed by atoms with E-state index in [0.717, 1.165) is 17.5 Å². The number of benzene rings is 2. The van der Waals surface area contributed by atoms with E-state index in [2.05, 4.69) is 16.0 Å². The monoisotopic (exact) mass is 431 g/mol. The summed E-state index contributed by atoms with van der Waals surface area (Å²) in [5.41, 5.74) is 2.93. The van der Waals surface area contributed by atoms with Crippen LogP contribution in [0.25, 0.3) is 34.0 Å². The van der Waals surface area contributed by atoms with Crippen LogP contribution in [0.1, 0.15) is 35.3 Å². The van der Waals surface area contributed by atoms with Crippen molar-refractivity contribution >= 4 is 40.3 Å². The highest BCUT2D eigenvalue weighted by Crippen LogP contribution is 2.29. The highest BCUT2D eigenvalue weighted by Gasteiger charge is 2.15. The molecule has 31 heavy (non-hydrogen) atoms. The molecule has 0 radical (unpaired) electrons. The van der Waals surface area contributed by atoms with Crippen LogP contribution in [0.5, 0.6) is 0 Å². The predicted molar refractivity (Wildman–Crippen MR) is 119 cm³/mol. The number of furan rings is 1. The summed E-state index contributed by atoms with van der Waals surface area (Å²) >= 11 is 6.16. The largest absolute Gasteiger partial charge is 0.462 e. The minimum Gasteiger partial charge on any atom is -0.462 e. The molecule has 0 amide bonds. The summed E-state index contributed by atoms with van der Waals surface area (Å²) in [5.74, 6) is 1.01. The fourth-order valence-corrected chi connectivity index (χ4v) is 3.26. The number of imidazole rings is 1. The Kier molecular flexibility index (Phi) is 5.87. The van der Waals surface area contributed by atoms with E-state index in [1.54, 1.807) is 36.4 Å². The van der Waals surface area contributed by atoms with Gasteiger partial charge in [-0.15, -0.1) is 0 Å². The van der Waals surface area contributed by atoms with Gasteiger partial charge in [-0.2, -0.15) is 5.26 Å². The Morgan fingerprint density at radius 3 is 2.87 bits per heavy atom. The van der Waals surface area contributed by atoms with Crippen molar-refractivity contribution in [2.75, 3.05) is 6.61 Å². The average Bonchev–Trinajstić information content (AvgIpc) is 3.43. The lowest BCUT2D eigenvalue weighted by atomic mass is 10.1. The first-order valence-electron chi connectivity index (χ1n) is 9.73. The lowest BCUT2D eigenvalue weighted by Crippen LogP contribution is -2.06. The number of hydrogen-bond acceptors (Lipinski definition) is 5. The van der Waals surface area contributed by atoms with Crippen LogP contribution < -0.4 is 0 Å². The fourth-order valence-electron chi connectivity index (χ4n) is 3.07. The van der Waals surface area contributed by atoms with Gasteiger partial charge in [-0.3, -0.25) is 0 Å². The van der Waals surface area contributed by atoms with Crippen molar-refractivity contribution in [3.8, 4) is 17.4 Å². The summed E-state index contributed by atoms with van der Waals surface area (Å²) in [7, 11) is 0. The molecule has 2 aromatic heterocycles. The Bertz CT molecular complexity index is 1290. The van der Waals surface area contributed by atoms with Crippen LogP contribution in [0.4, 0.5) is 0 Å². The molecule has 0 fully saturated rings. The van der Waals surface area contributed by atoms with E-state index >= 15 is 0 Å². The number of allylic oxidation sites excluding steroid dienone is 1. The van der Waals surface area contributed by atoms with E-state index in [9.17, 15) is 10.1 Å². The van der Waals surface area contributed by atoms with Gasteiger partial charge in [-0.25, -0.2) is 9.78 Å². The second kappa shape index (κ2) is 8.90. The summed E-state index contributed by atoms with van der Waals surface area (Å²) in [6.07, 6.45) is 2.34. The van der Waals surface area contributed by atoms with Crippen molar-refractivity contribution in [3.05, 3.63) is 76.8 Å². The average molecular weight is 432 g/mol. The van der Waals surface area contributed by atoms with Gasteiger partial charge >= 0.3 is 5.97 Å².